The van der Waals surface area contributed by atoms with Crippen molar-refractivity contribution in [3.8, 4) is 5.75 Å². The highest BCUT2D eigenvalue weighted by Gasteiger charge is 2.17. The van der Waals surface area contributed by atoms with Crippen molar-refractivity contribution in [1.29, 1.82) is 0 Å². The first-order valence-electron chi connectivity index (χ1n) is 8.79. The summed E-state index contributed by atoms with van der Waals surface area (Å²) in [7, 11) is 1.57. The molecule has 6 nitrogen and oxygen atoms in total. The molecule has 0 saturated carbocycles. The number of anilines is 1. The molecule has 7 heteroatoms. The first-order chi connectivity index (χ1) is 13.0. The van der Waals surface area contributed by atoms with Crippen molar-refractivity contribution in [2.24, 2.45) is 0 Å². The second kappa shape index (κ2) is 10.5. The second-order valence-corrected chi connectivity index (χ2v) is 6.51. The molecule has 1 atom stereocenters. The average Bonchev–Trinajstić information content (AvgIpc) is 2.67. The molecule has 2 aromatic carbocycles. The summed E-state index contributed by atoms with van der Waals surface area (Å²) >= 11 is 6.09. The van der Waals surface area contributed by atoms with Gasteiger partial charge in [-0.25, -0.2) is 0 Å². The van der Waals surface area contributed by atoms with Gasteiger partial charge in [0.25, 0.3) is 11.8 Å². The molecule has 0 heterocycles. The van der Waals surface area contributed by atoms with Gasteiger partial charge in [-0.05, 0) is 30.7 Å². The van der Waals surface area contributed by atoms with E-state index >= 15 is 0 Å². The van der Waals surface area contributed by atoms with E-state index in [-0.39, 0.29) is 24.9 Å². The third kappa shape index (κ3) is 6.92. The van der Waals surface area contributed by atoms with Crippen molar-refractivity contribution in [1.82, 2.24) is 5.32 Å². The molecular formula is C20H25ClN3O3+. The van der Waals surface area contributed by atoms with Crippen LogP contribution < -0.4 is 20.3 Å². The van der Waals surface area contributed by atoms with E-state index in [2.05, 4.69) is 10.6 Å². The van der Waals surface area contributed by atoms with Gasteiger partial charge in [0, 0.05) is 23.3 Å². The number of halogens is 1. The van der Waals surface area contributed by atoms with Gasteiger partial charge in [0.15, 0.2) is 13.1 Å². The zero-order valence-electron chi connectivity index (χ0n) is 15.5. The van der Waals surface area contributed by atoms with E-state index in [1.165, 1.54) is 0 Å². The number of likely N-dealkylation sites (N-methyl/N-ethyl adjacent to an activating group) is 1. The summed E-state index contributed by atoms with van der Waals surface area (Å²) in [5.74, 6) is 0.395. The van der Waals surface area contributed by atoms with Gasteiger partial charge < -0.3 is 20.3 Å². The van der Waals surface area contributed by atoms with E-state index in [0.717, 1.165) is 10.5 Å². The lowest BCUT2D eigenvalue weighted by atomic mass is 10.2. The number of benzene rings is 2. The fraction of sp³-hybridized carbons (Fsp3) is 0.300. The van der Waals surface area contributed by atoms with Gasteiger partial charge in [-0.2, -0.15) is 0 Å². The van der Waals surface area contributed by atoms with Crippen molar-refractivity contribution in [2.45, 2.75) is 13.5 Å². The summed E-state index contributed by atoms with van der Waals surface area (Å²) in [6, 6.07) is 14.5. The van der Waals surface area contributed by atoms with Crippen LogP contribution in [0.4, 0.5) is 5.69 Å². The van der Waals surface area contributed by atoms with Crippen LogP contribution in [0.15, 0.2) is 48.5 Å². The smallest absolute Gasteiger partial charge is 0.279 e. The summed E-state index contributed by atoms with van der Waals surface area (Å²) in [6.45, 7) is 3.38. The van der Waals surface area contributed by atoms with Gasteiger partial charge in [-0.1, -0.05) is 35.9 Å². The Bertz CT molecular complexity index is 783. The maximum atomic E-state index is 12.3. The highest BCUT2D eigenvalue weighted by Crippen LogP contribution is 2.16. The van der Waals surface area contributed by atoms with Crippen molar-refractivity contribution < 1.29 is 19.2 Å². The van der Waals surface area contributed by atoms with E-state index in [4.69, 9.17) is 16.3 Å². The third-order valence-electron chi connectivity index (χ3n) is 4.11. The first-order valence-corrected chi connectivity index (χ1v) is 9.17. The maximum Gasteiger partial charge on any atom is 0.279 e. The van der Waals surface area contributed by atoms with Crippen molar-refractivity contribution in [2.75, 3.05) is 32.1 Å². The predicted molar refractivity (Wildman–Crippen MR) is 106 cm³/mol. The fourth-order valence-electron chi connectivity index (χ4n) is 2.57. The van der Waals surface area contributed by atoms with Gasteiger partial charge in [-0.3, -0.25) is 9.59 Å². The Hall–Kier alpha value is -2.57. The Balaban J connectivity index is 1.82. The quantitative estimate of drug-likeness (QED) is 0.607. The van der Waals surface area contributed by atoms with Crippen LogP contribution in [0.1, 0.15) is 12.5 Å². The van der Waals surface area contributed by atoms with Gasteiger partial charge in [-0.15, -0.1) is 0 Å². The standard InChI is InChI=1S/C20H24ClN3O3/c1-3-24(13-19(25)22-12-15-7-4-5-10-18(15)21)14-20(26)23-16-8-6-9-17(11-16)27-2/h4-11H,3,12-14H2,1-2H3,(H,22,25)(H,23,26)/p+1. The van der Waals surface area contributed by atoms with Crippen LogP contribution in [0, 0.1) is 0 Å². The van der Waals surface area contributed by atoms with E-state index in [9.17, 15) is 9.59 Å². The monoisotopic (exact) mass is 390 g/mol. The summed E-state index contributed by atoms with van der Waals surface area (Å²) in [4.78, 5) is 25.3. The number of rotatable bonds is 9. The molecule has 0 radical (unpaired) electrons. The Morgan fingerprint density at radius 1 is 1.07 bits per heavy atom. The lowest BCUT2D eigenvalue weighted by Crippen LogP contribution is -3.13. The highest BCUT2D eigenvalue weighted by atomic mass is 35.5. The number of carbonyl (C=O) groups is 2. The SMILES string of the molecule is CC[NH+](CC(=O)NCc1ccccc1Cl)CC(=O)Nc1cccc(OC)c1. The molecule has 1 unspecified atom stereocenters. The molecule has 27 heavy (non-hydrogen) atoms. The number of methoxy groups -OCH3 is 1. The predicted octanol–water partition coefficient (Wildman–Crippen LogP) is 1.51. The van der Waals surface area contributed by atoms with Gasteiger partial charge in [0.2, 0.25) is 0 Å². The molecule has 2 rings (SSSR count). The zero-order valence-corrected chi connectivity index (χ0v) is 16.3. The fourth-order valence-corrected chi connectivity index (χ4v) is 2.77. The highest BCUT2D eigenvalue weighted by molar-refractivity contribution is 6.31. The normalized spacial score (nSPS) is 11.5. The first kappa shape index (κ1) is 20.7. The largest absolute Gasteiger partial charge is 0.497 e. The molecule has 0 fully saturated rings. The topological polar surface area (TPSA) is 71.9 Å². The molecule has 0 aromatic heterocycles. The van der Waals surface area contributed by atoms with Crippen LogP contribution in [0.5, 0.6) is 5.75 Å². The molecule has 0 aliphatic carbocycles. The van der Waals surface area contributed by atoms with Gasteiger partial charge >= 0.3 is 0 Å². The molecule has 2 amide bonds. The number of nitrogens with one attached hydrogen (secondary N) is 3. The minimum absolute atomic E-state index is 0.124. The van der Waals surface area contributed by atoms with E-state index in [1.807, 2.05) is 31.2 Å². The summed E-state index contributed by atoms with van der Waals surface area (Å²) in [5, 5.41) is 6.30. The van der Waals surface area contributed by atoms with Gasteiger partial charge in [0.05, 0.1) is 13.7 Å². The van der Waals surface area contributed by atoms with E-state index in [0.29, 0.717) is 29.5 Å². The molecule has 0 bridgehead atoms. The number of amides is 2. The number of ether oxygens (including phenoxy) is 1. The number of hydrogen-bond acceptors (Lipinski definition) is 3. The van der Waals surface area contributed by atoms with Crippen LogP contribution in [0.2, 0.25) is 5.02 Å². The van der Waals surface area contributed by atoms with Crippen LogP contribution in [-0.4, -0.2) is 38.6 Å². The summed E-state index contributed by atoms with van der Waals surface area (Å²) in [5.41, 5.74) is 1.53. The minimum atomic E-state index is -0.154. The molecule has 0 aliphatic heterocycles. The molecule has 0 saturated heterocycles. The number of carbonyl (C=O) groups excluding carboxylic acids is 2. The third-order valence-corrected chi connectivity index (χ3v) is 4.48. The molecular weight excluding hydrogens is 366 g/mol. The van der Waals surface area contributed by atoms with Crippen LogP contribution in [0.25, 0.3) is 0 Å². The minimum Gasteiger partial charge on any atom is -0.497 e. The van der Waals surface area contributed by atoms with Crippen LogP contribution in [-0.2, 0) is 16.1 Å². The second-order valence-electron chi connectivity index (χ2n) is 6.11. The maximum absolute atomic E-state index is 12.3. The molecule has 144 valence electrons. The molecule has 2 aromatic rings. The Labute approximate surface area is 164 Å². The zero-order chi connectivity index (χ0) is 19.6. The average molecular weight is 391 g/mol. The Morgan fingerprint density at radius 2 is 1.81 bits per heavy atom. The van der Waals surface area contributed by atoms with Crippen molar-refractivity contribution in [3.05, 3.63) is 59.1 Å². The summed E-state index contributed by atoms with van der Waals surface area (Å²) < 4.78 is 5.14. The van der Waals surface area contributed by atoms with Gasteiger partial charge in [0.1, 0.15) is 5.75 Å². The van der Waals surface area contributed by atoms with E-state index < -0.39 is 0 Å². The van der Waals surface area contributed by atoms with Crippen molar-refractivity contribution >= 4 is 29.1 Å². The van der Waals surface area contributed by atoms with Crippen LogP contribution >= 0.6 is 11.6 Å². The number of quaternary nitrogens is 1. The lowest BCUT2D eigenvalue weighted by molar-refractivity contribution is -0.881. The molecule has 0 spiro atoms. The van der Waals surface area contributed by atoms with Crippen molar-refractivity contribution in [3.63, 3.8) is 0 Å². The van der Waals surface area contributed by atoms with E-state index in [1.54, 1.807) is 31.4 Å². The number of hydrogen-bond donors (Lipinski definition) is 3. The Kier molecular flexibility index (Phi) is 8.10. The molecule has 0 aliphatic rings. The lowest BCUT2D eigenvalue weighted by Gasteiger charge is -2.17. The Morgan fingerprint density at radius 3 is 2.52 bits per heavy atom. The molecule has 3 N–H and O–H groups in total. The summed E-state index contributed by atoms with van der Waals surface area (Å²) in [6.07, 6.45) is 0. The van der Waals surface area contributed by atoms with Crippen LogP contribution in [0.3, 0.4) is 0 Å².